The highest BCUT2D eigenvalue weighted by molar-refractivity contribution is 6.12. The highest BCUT2D eigenvalue weighted by Crippen LogP contribution is 2.46. The third-order valence-electron chi connectivity index (χ3n) is 5.25. The molecular formula is C27H31NO5. The molecule has 0 aromatic heterocycles. The lowest BCUT2D eigenvalue weighted by Crippen LogP contribution is -2.07. The van der Waals surface area contributed by atoms with Crippen LogP contribution in [-0.4, -0.2) is 34.2 Å². The van der Waals surface area contributed by atoms with Gasteiger partial charge in [0.2, 0.25) is 0 Å². The Morgan fingerprint density at radius 1 is 0.788 bits per heavy atom. The summed E-state index contributed by atoms with van der Waals surface area (Å²) in [4.78, 5) is 5.76. The molecule has 0 saturated heterocycles. The van der Waals surface area contributed by atoms with E-state index in [4.69, 9.17) is 23.8 Å². The van der Waals surface area contributed by atoms with Gasteiger partial charge in [-0.1, -0.05) is 47.1 Å². The fourth-order valence-corrected chi connectivity index (χ4v) is 3.62. The van der Waals surface area contributed by atoms with Crippen molar-refractivity contribution in [3.8, 4) is 23.0 Å². The summed E-state index contributed by atoms with van der Waals surface area (Å²) in [5, 5.41) is 6.04. The van der Waals surface area contributed by atoms with Gasteiger partial charge >= 0.3 is 0 Å². The molecule has 0 atom stereocenters. The van der Waals surface area contributed by atoms with Crippen LogP contribution in [0, 0.1) is 0 Å². The largest absolute Gasteiger partial charge is 0.496 e. The van der Waals surface area contributed by atoms with Gasteiger partial charge in [-0.3, -0.25) is 0 Å². The van der Waals surface area contributed by atoms with Crippen LogP contribution in [0.4, 0.5) is 0 Å². The third-order valence-corrected chi connectivity index (χ3v) is 5.25. The lowest BCUT2D eigenvalue weighted by molar-refractivity contribution is 0.130. The molecule has 174 valence electrons. The minimum Gasteiger partial charge on any atom is -0.496 e. The zero-order valence-electron chi connectivity index (χ0n) is 20.1. The monoisotopic (exact) mass is 449 g/mol. The maximum atomic E-state index is 5.90. The van der Waals surface area contributed by atoms with Crippen LogP contribution in [0.25, 0.3) is 10.8 Å². The number of methoxy groups -OCH3 is 4. The van der Waals surface area contributed by atoms with Crippen molar-refractivity contribution < 1.29 is 23.8 Å². The summed E-state index contributed by atoms with van der Waals surface area (Å²) in [5.74, 6) is 2.56. The number of oxime groups is 1. The van der Waals surface area contributed by atoms with E-state index in [1.807, 2.05) is 48.5 Å². The van der Waals surface area contributed by atoms with Crippen LogP contribution in [0.15, 0.2) is 65.3 Å². The van der Waals surface area contributed by atoms with Crippen molar-refractivity contribution in [2.75, 3.05) is 28.4 Å². The van der Waals surface area contributed by atoms with Crippen molar-refractivity contribution in [1.82, 2.24) is 0 Å². The third kappa shape index (κ3) is 5.40. The molecule has 3 aromatic carbocycles. The minimum atomic E-state index is 0.364. The molecular weight excluding hydrogens is 418 g/mol. The molecule has 0 aliphatic carbocycles. The molecule has 0 aliphatic heterocycles. The normalized spacial score (nSPS) is 11.2. The van der Waals surface area contributed by atoms with Crippen molar-refractivity contribution in [3.05, 3.63) is 71.3 Å². The van der Waals surface area contributed by atoms with Crippen molar-refractivity contribution in [1.29, 1.82) is 0 Å². The van der Waals surface area contributed by atoms with E-state index in [0.29, 0.717) is 41.7 Å². The fraction of sp³-hybridized carbons (Fsp3) is 0.296. The van der Waals surface area contributed by atoms with E-state index in [0.717, 1.165) is 21.9 Å². The SMILES string of the molecule is COc1ccc(OC)c2c(OC)c(C(CC=C(C)C)=NOCc3ccccc3)cc(OC)c12. The molecule has 0 radical (unpaired) electrons. The first-order valence-electron chi connectivity index (χ1n) is 10.7. The van der Waals surface area contributed by atoms with E-state index >= 15 is 0 Å². The van der Waals surface area contributed by atoms with Crippen molar-refractivity contribution in [3.63, 3.8) is 0 Å². The Labute approximate surface area is 195 Å². The molecule has 0 spiro atoms. The summed E-state index contributed by atoms with van der Waals surface area (Å²) in [6.45, 7) is 4.46. The van der Waals surface area contributed by atoms with Crippen molar-refractivity contribution in [2.45, 2.75) is 26.9 Å². The number of hydrogen-bond acceptors (Lipinski definition) is 6. The smallest absolute Gasteiger partial charge is 0.142 e. The van der Waals surface area contributed by atoms with Crippen molar-refractivity contribution >= 4 is 16.5 Å². The summed E-state index contributed by atoms with van der Waals surface area (Å²) in [6, 6.07) is 15.5. The molecule has 0 amide bonds. The summed E-state index contributed by atoms with van der Waals surface area (Å²) < 4.78 is 22.9. The first-order chi connectivity index (χ1) is 16.0. The minimum absolute atomic E-state index is 0.364. The van der Waals surface area contributed by atoms with Crippen LogP contribution < -0.4 is 18.9 Å². The topological polar surface area (TPSA) is 58.5 Å². The summed E-state index contributed by atoms with van der Waals surface area (Å²) >= 11 is 0. The number of hydrogen-bond donors (Lipinski definition) is 0. The van der Waals surface area contributed by atoms with Gasteiger partial charge in [0, 0.05) is 12.0 Å². The molecule has 3 rings (SSSR count). The van der Waals surface area contributed by atoms with Crippen LogP contribution in [0.1, 0.15) is 31.4 Å². The van der Waals surface area contributed by atoms with E-state index in [1.165, 1.54) is 5.57 Å². The Bertz CT molecular complexity index is 1150. The van der Waals surface area contributed by atoms with E-state index in [1.54, 1.807) is 28.4 Å². The van der Waals surface area contributed by atoms with Gasteiger partial charge in [0.15, 0.2) is 0 Å². The van der Waals surface area contributed by atoms with Gasteiger partial charge in [-0.05, 0) is 37.6 Å². The quantitative estimate of drug-likeness (QED) is 0.211. The second-order valence-corrected chi connectivity index (χ2v) is 7.66. The number of allylic oxidation sites excluding steroid dienone is 2. The summed E-state index contributed by atoms with van der Waals surface area (Å²) in [7, 11) is 6.51. The molecule has 6 nitrogen and oxygen atoms in total. The van der Waals surface area contributed by atoms with Gasteiger partial charge < -0.3 is 23.8 Å². The lowest BCUT2D eigenvalue weighted by atomic mass is 9.97. The standard InChI is InChI=1S/C27H31NO5/c1-18(2)12-13-21(28-33-17-19-10-8-7-9-11-19)20-16-24(31-5)25-22(29-3)14-15-23(30-4)26(25)27(20)32-6/h7-12,14-16H,13,17H2,1-6H3. The maximum Gasteiger partial charge on any atom is 0.142 e. The molecule has 0 heterocycles. The Hall–Kier alpha value is -3.67. The van der Waals surface area contributed by atoms with Crippen molar-refractivity contribution in [2.24, 2.45) is 5.16 Å². The van der Waals surface area contributed by atoms with E-state index in [9.17, 15) is 0 Å². The average molecular weight is 450 g/mol. The number of benzene rings is 3. The Morgan fingerprint density at radius 2 is 1.42 bits per heavy atom. The van der Waals surface area contributed by atoms with Gasteiger partial charge in [0.25, 0.3) is 0 Å². The maximum absolute atomic E-state index is 5.90. The molecule has 33 heavy (non-hydrogen) atoms. The number of nitrogens with zero attached hydrogens (tertiary/aromatic N) is 1. The fourth-order valence-electron chi connectivity index (χ4n) is 3.62. The van der Waals surface area contributed by atoms with Gasteiger partial charge in [-0.25, -0.2) is 0 Å². The van der Waals surface area contributed by atoms with Crippen LogP contribution in [0.2, 0.25) is 0 Å². The Morgan fingerprint density at radius 3 is 2.00 bits per heavy atom. The summed E-state index contributed by atoms with van der Waals surface area (Å²) in [5.41, 5.74) is 3.70. The van der Waals surface area contributed by atoms with Crippen LogP contribution in [0.3, 0.4) is 0 Å². The number of fused-ring (bicyclic) bond motifs is 1. The van der Waals surface area contributed by atoms with E-state index in [2.05, 4.69) is 25.1 Å². The molecule has 0 N–H and O–H groups in total. The van der Waals surface area contributed by atoms with Crippen LogP contribution in [0.5, 0.6) is 23.0 Å². The molecule has 0 bridgehead atoms. The van der Waals surface area contributed by atoms with Gasteiger partial charge in [-0.2, -0.15) is 0 Å². The average Bonchev–Trinajstić information content (AvgIpc) is 2.84. The molecule has 0 fully saturated rings. The number of rotatable bonds is 10. The van der Waals surface area contributed by atoms with Crippen LogP contribution >= 0.6 is 0 Å². The second kappa shape index (κ2) is 11.3. The van der Waals surface area contributed by atoms with Gasteiger partial charge in [0.1, 0.15) is 29.6 Å². The van der Waals surface area contributed by atoms with Crippen LogP contribution in [-0.2, 0) is 11.4 Å². The summed E-state index contributed by atoms with van der Waals surface area (Å²) in [6.07, 6.45) is 2.66. The molecule has 0 aliphatic rings. The zero-order chi connectivity index (χ0) is 23.8. The Kier molecular flexibility index (Phi) is 8.19. The van der Waals surface area contributed by atoms with E-state index in [-0.39, 0.29) is 0 Å². The van der Waals surface area contributed by atoms with E-state index < -0.39 is 0 Å². The molecule has 0 saturated carbocycles. The molecule has 6 heteroatoms. The molecule has 3 aromatic rings. The number of ether oxygens (including phenoxy) is 4. The first kappa shape index (κ1) is 24.0. The zero-order valence-corrected chi connectivity index (χ0v) is 20.1. The predicted molar refractivity (Wildman–Crippen MR) is 132 cm³/mol. The highest BCUT2D eigenvalue weighted by atomic mass is 16.6. The highest BCUT2D eigenvalue weighted by Gasteiger charge is 2.23. The Balaban J connectivity index is 2.20. The first-order valence-corrected chi connectivity index (χ1v) is 10.7. The van der Waals surface area contributed by atoms with Gasteiger partial charge in [0.05, 0.1) is 44.9 Å². The van der Waals surface area contributed by atoms with Gasteiger partial charge in [-0.15, -0.1) is 0 Å². The molecule has 0 unspecified atom stereocenters. The predicted octanol–water partition coefficient (Wildman–Crippen LogP) is 6.15. The second-order valence-electron chi connectivity index (χ2n) is 7.66. The lowest BCUT2D eigenvalue weighted by Gasteiger charge is -2.19.